The van der Waals surface area contributed by atoms with Gasteiger partial charge >= 0.3 is 5.97 Å². The van der Waals surface area contributed by atoms with E-state index in [1.54, 1.807) is 6.20 Å². The fourth-order valence-electron chi connectivity index (χ4n) is 1.60. The largest absolute Gasteiger partial charge is 0.478 e. The van der Waals surface area contributed by atoms with E-state index in [0.717, 1.165) is 12.2 Å². The van der Waals surface area contributed by atoms with Crippen molar-refractivity contribution in [1.82, 2.24) is 14.5 Å². The minimum atomic E-state index is -0.954. The molecular weight excluding hydrogens is 232 g/mol. The number of aromatic nitrogens is 3. The molecule has 2 N–H and O–H groups in total. The maximum Gasteiger partial charge on any atom is 0.335 e. The van der Waals surface area contributed by atoms with Gasteiger partial charge in [-0.2, -0.15) is 0 Å². The minimum Gasteiger partial charge on any atom is -0.478 e. The van der Waals surface area contributed by atoms with E-state index in [1.165, 1.54) is 18.3 Å². The number of carboxylic acids is 1. The van der Waals surface area contributed by atoms with Crippen LogP contribution in [0.1, 0.15) is 16.2 Å². The van der Waals surface area contributed by atoms with Gasteiger partial charge in [-0.05, 0) is 12.1 Å². The number of imidazole rings is 1. The molecule has 0 spiro atoms. The van der Waals surface area contributed by atoms with Crippen molar-refractivity contribution in [2.75, 3.05) is 11.9 Å². The summed E-state index contributed by atoms with van der Waals surface area (Å²) in [6.07, 6.45) is 5.87. The van der Waals surface area contributed by atoms with Crippen molar-refractivity contribution in [1.29, 1.82) is 0 Å². The second-order valence-electron chi connectivity index (χ2n) is 3.87. The highest BCUT2D eigenvalue weighted by Gasteiger charge is 2.04. The van der Waals surface area contributed by atoms with Crippen molar-refractivity contribution in [3.8, 4) is 0 Å². The number of aromatic carboxylic acids is 1. The van der Waals surface area contributed by atoms with Gasteiger partial charge in [0.2, 0.25) is 0 Å². The lowest BCUT2D eigenvalue weighted by Crippen LogP contribution is -2.10. The molecule has 2 aromatic heterocycles. The molecular formula is C12H14N4O2. The Labute approximate surface area is 104 Å². The maximum atomic E-state index is 10.8. The molecule has 6 nitrogen and oxygen atoms in total. The molecule has 2 aromatic rings. The molecule has 0 aliphatic rings. The summed E-state index contributed by atoms with van der Waals surface area (Å²) in [6, 6.07) is 2.98. The van der Waals surface area contributed by atoms with Crippen molar-refractivity contribution in [3.63, 3.8) is 0 Å². The van der Waals surface area contributed by atoms with Crippen molar-refractivity contribution < 1.29 is 9.90 Å². The number of rotatable bonds is 5. The highest BCUT2D eigenvalue weighted by molar-refractivity contribution is 5.88. The van der Waals surface area contributed by atoms with Gasteiger partial charge in [-0.25, -0.2) is 14.8 Å². The molecule has 0 aromatic carbocycles. The van der Waals surface area contributed by atoms with E-state index in [9.17, 15) is 4.79 Å². The Morgan fingerprint density at radius 3 is 2.94 bits per heavy atom. The smallest absolute Gasteiger partial charge is 0.335 e. The van der Waals surface area contributed by atoms with E-state index in [2.05, 4.69) is 15.3 Å². The number of hydrogen-bond donors (Lipinski definition) is 2. The number of nitrogens with zero attached hydrogens (tertiary/aromatic N) is 3. The molecule has 0 saturated carbocycles. The summed E-state index contributed by atoms with van der Waals surface area (Å²) in [6.45, 7) is 0.654. The molecule has 18 heavy (non-hydrogen) atoms. The van der Waals surface area contributed by atoms with Crippen LogP contribution in [0.4, 0.5) is 5.82 Å². The van der Waals surface area contributed by atoms with Gasteiger partial charge in [-0.3, -0.25) is 0 Å². The first-order chi connectivity index (χ1) is 8.66. The Kier molecular flexibility index (Phi) is 3.57. The van der Waals surface area contributed by atoms with Gasteiger partial charge in [0, 0.05) is 38.6 Å². The van der Waals surface area contributed by atoms with Crippen LogP contribution in [0.2, 0.25) is 0 Å². The van der Waals surface area contributed by atoms with Crippen LogP contribution >= 0.6 is 0 Å². The molecule has 6 heteroatoms. The molecule has 0 unspecified atom stereocenters. The Bertz CT molecular complexity index is 551. The highest BCUT2D eigenvalue weighted by atomic mass is 16.4. The third-order valence-electron chi connectivity index (χ3n) is 2.58. The molecule has 0 aliphatic carbocycles. The number of hydrogen-bond acceptors (Lipinski definition) is 4. The number of nitrogens with one attached hydrogen (secondary N) is 1. The van der Waals surface area contributed by atoms with Crippen LogP contribution in [0, 0.1) is 0 Å². The molecule has 0 amide bonds. The van der Waals surface area contributed by atoms with Crippen molar-refractivity contribution in [2.24, 2.45) is 7.05 Å². The Morgan fingerprint density at radius 1 is 1.44 bits per heavy atom. The first-order valence-corrected chi connectivity index (χ1v) is 5.56. The lowest BCUT2D eigenvalue weighted by Gasteiger charge is -2.06. The molecule has 0 aliphatic heterocycles. The summed E-state index contributed by atoms with van der Waals surface area (Å²) >= 11 is 0. The summed E-state index contributed by atoms with van der Waals surface area (Å²) in [5, 5.41) is 11.9. The van der Waals surface area contributed by atoms with Crippen LogP contribution in [0.3, 0.4) is 0 Å². The average Bonchev–Trinajstić information content (AvgIpc) is 2.76. The molecule has 0 radical (unpaired) electrons. The number of carbonyl (C=O) groups is 1. The van der Waals surface area contributed by atoms with Crippen LogP contribution in [0.15, 0.2) is 30.7 Å². The van der Waals surface area contributed by atoms with Crippen molar-refractivity contribution in [2.45, 2.75) is 6.42 Å². The number of pyridine rings is 1. The van der Waals surface area contributed by atoms with Gasteiger partial charge in [0.15, 0.2) is 0 Å². The molecule has 0 bridgehead atoms. The second kappa shape index (κ2) is 5.31. The predicted molar refractivity (Wildman–Crippen MR) is 66.6 cm³/mol. The Balaban J connectivity index is 1.92. The third kappa shape index (κ3) is 2.85. The summed E-state index contributed by atoms with van der Waals surface area (Å²) < 4.78 is 1.95. The van der Waals surface area contributed by atoms with E-state index in [-0.39, 0.29) is 5.56 Å². The zero-order chi connectivity index (χ0) is 13.0. The second-order valence-corrected chi connectivity index (χ2v) is 3.87. The minimum absolute atomic E-state index is 0.226. The summed E-state index contributed by atoms with van der Waals surface area (Å²) in [7, 11) is 1.94. The summed E-state index contributed by atoms with van der Waals surface area (Å²) in [4.78, 5) is 19.1. The maximum absolute atomic E-state index is 10.8. The van der Waals surface area contributed by atoms with Crippen LogP contribution in [-0.4, -0.2) is 32.2 Å². The topological polar surface area (TPSA) is 80.0 Å². The highest BCUT2D eigenvalue weighted by Crippen LogP contribution is 2.07. The van der Waals surface area contributed by atoms with Crippen LogP contribution in [-0.2, 0) is 13.5 Å². The molecule has 94 valence electrons. The van der Waals surface area contributed by atoms with Gasteiger partial charge in [0.25, 0.3) is 0 Å². The SMILES string of the molecule is Cn1ccnc1CCNc1cc(C(=O)O)ccn1. The van der Waals surface area contributed by atoms with Crippen molar-refractivity contribution in [3.05, 3.63) is 42.1 Å². The van der Waals surface area contributed by atoms with Gasteiger partial charge in [0.05, 0.1) is 5.56 Å². The average molecular weight is 246 g/mol. The van der Waals surface area contributed by atoms with Gasteiger partial charge < -0.3 is 15.0 Å². The Hall–Kier alpha value is -2.37. The number of anilines is 1. The first-order valence-electron chi connectivity index (χ1n) is 5.56. The van der Waals surface area contributed by atoms with Gasteiger partial charge in [-0.1, -0.05) is 0 Å². The molecule has 2 rings (SSSR count). The number of aryl methyl sites for hydroxylation is 1. The van der Waals surface area contributed by atoms with E-state index >= 15 is 0 Å². The summed E-state index contributed by atoms with van der Waals surface area (Å²) in [5.41, 5.74) is 0.226. The fraction of sp³-hybridized carbons (Fsp3) is 0.250. The van der Waals surface area contributed by atoms with E-state index in [0.29, 0.717) is 12.4 Å². The van der Waals surface area contributed by atoms with E-state index in [1.807, 2.05) is 17.8 Å². The van der Waals surface area contributed by atoms with Crippen LogP contribution in [0.25, 0.3) is 0 Å². The van der Waals surface area contributed by atoms with E-state index < -0.39 is 5.97 Å². The van der Waals surface area contributed by atoms with Gasteiger partial charge in [0.1, 0.15) is 11.6 Å². The molecule has 2 heterocycles. The van der Waals surface area contributed by atoms with Crippen molar-refractivity contribution >= 4 is 11.8 Å². The Morgan fingerprint density at radius 2 is 2.28 bits per heavy atom. The zero-order valence-corrected chi connectivity index (χ0v) is 10.00. The first kappa shape index (κ1) is 12.1. The van der Waals surface area contributed by atoms with Gasteiger partial charge in [-0.15, -0.1) is 0 Å². The molecule has 0 saturated heterocycles. The standard InChI is InChI=1S/C12H14N4O2/c1-16-7-6-15-11(16)3-5-14-10-8-9(12(17)18)2-4-13-10/h2,4,6-8H,3,5H2,1H3,(H,13,14)(H,17,18). The monoisotopic (exact) mass is 246 g/mol. The molecule has 0 fully saturated rings. The predicted octanol–water partition coefficient (Wildman–Crippen LogP) is 1.17. The van der Waals surface area contributed by atoms with E-state index in [4.69, 9.17) is 5.11 Å². The van der Waals surface area contributed by atoms with Crippen LogP contribution in [0.5, 0.6) is 0 Å². The quantitative estimate of drug-likeness (QED) is 0.827. The lowest BCUT2D eigenvalue weighted by molar-refractivity contribution is 0.0697. The third-order valence-corrected chi connectivity index (χ3v) is 2.58. The normalized spacial score (nSPS) is 10.3. The zero-order valence-electron chi connectivity index (χ0n) is 10.00. The fourth-order valence-corrected chi connectivity index (χ4v) is 1.60. The lowest BCUT2D eigenvalue weighted by atomic mass is 10.2. The van der Waals surface area contributed by atoms with Crippen LogP contribution < -0.4 is 5.32 Å². The molecule has 0 atom stereocenters. The number of carboxylic acid groups (broad SMARTS) is 1. The summed E-state index contributed by atoms with van der Waals surface area (Å²) in [5.74, 6) is 0.575.